The maximum atomic E-state index is 14.1. The Morgan fingerprint density at radius 1 is 0.366 bits per heavy atom. The van der Waals surface area contributed by atoms with E-state index in [0.29, 0.717) is 81.8 Å². The summed E-state index contributed by atoms with van der Waals surface area (Å²) in [6.45, 7) is 21.2. The van der Waals surface area contributed by atoms with Crippen LogP contribution in [0.5, 0.6) is 0 Å². The average molecular weight is 1860 g/mol. The number of halogens is 3. The minimum atomic E-state index is -1.18. The lowest BCUT2D eigenvalue weighted by Crippen LogP contribution is -2.63. The number of carboxylic acids is 1. The largest absolute Gasteiger partial charge is 0.480 e. The van der Waals surface area contributed by atoms with Crippen LogP contribution >= 0.6 is 0 Å². The second-order valence-electron chi connectivity index (χ2n) is 36.1. The molecular formula is C103H132F3N9O19. The van der Waals surface area contributed by atoms with Crippen LogP contribution < -0.4 is 21.3 Å². The van der Waals surface area contributed by atoms with Crippen molar-refractivity contribution >= 4 is 86.3 Å². The monoisotopic (exact) mass is 1860 g/mol. The summed E-state index contributed by atoms with van der Waals surface area (Å²) in [6, 6.07) is 55.1. The number of esters is 3. The first-order chi connectivity index (χ1) is 63.3. The minimum Gasteiger partial charge on any atom is -0.480 e. The molecule has 9 aromatic rings. The van der Waals surface area contributed by atoms with E-state index >= 15 is 0 Å². The maximum Gasteiger partial charge on any atom is 0.408 e. The average Bonchev–Trinajstić information content (AvgIpc) is 0.803. The van der Waals surface area contributed by atoms with Gasteiger partial charge in [0.1, 0.15) is 70.5 Å². The van der Waals surface area contributed by atoms with E-state index in [1.165, 1.54) is 80.6 Å². The Balaban J connectivity index is 0.000000230. The van der Waals surface area contributed by atoms with E-state index in [4.69, 9.17) is 47.7 Å². The van der Waals surface area contributed by atoms with Gasteiger partial charge in [-0.2, -0.15) is 0 Å². The SMILES string of the molecule is C.CC(C)(C)OC(=O)N[C@H](Cc1ccc(F)cc1)C(=O)O.COC[C@H]1CN([C@@H](Cc2ccc3ccccc3c2)C(=O)OC)CCN1.COC[C@H]1CN([C@@H](Cc2ccc3ccccc3c2)C(=O)OC)CCN1C(=O)[C@@H](Cc1ccc(F)cc1)NC(=O)OC(C)(C)C.COC[C@H]1CN([C@@H](Cc2ccc3ccccc3c2)C(=O)OC)CCN1C(=O)[C@@H](Cc1ccc(F)cc1)NC(=O)OC(C)(C)C. The van der Waals surface area contributed by atoms with Crippen LogP contribution in [0.1, 0.15) is 103 Å². The molecule has 0 spiro atoms. The molecule has 0 aliphatic carbocycles. The van der Waals surface area contributed by atoms with Crippen molar-refractivity contribution in [1.29, 1.82) is 0 Å². The van der Waals surface area contributed by atoms with E-state index < -0.39 is 101 Å². The van der Waals surface area contributed by atoms with Gasteiger partial charge < -0.3 is 78.8 Å². The Bertz CT molecular complexity index is 5110. The summed E-state index contributed by atoms with van der Waals surface area (Å²) in [5.74, 6) is -3.87. The Labute approximate surface area is 784 Å². The highest BCUT2D eigenvalue weighted by molar-refractivity contribution is 5.89. The Morgan fingerprint density at radius 3 is 0.940 bits per heavy atom. The van der Waals surface area contributed by atoms with Crippen LogP contribution in [0.25, 0.3) is 32.3 Å². The van der Waals surface area contributed by atoms with Gasteiger partial charge in [0.2, 0.25) is 11.8 Å². The van der Waals surface area contributed by atoms with Gasteiger partial charge in [-0.25, -0.2) is 32.3 Å². The molecule has 0 unspecified atom stereocenters. The molecule has 9 aromatic carbocycles. The fraction of sp³-hybridized carbons (Fsp3) is 0.447. The number of alkyl carbamates (subject to hydrolysis) is 3. The van der Waals surface area contributed by atoms with Crippen molar-refractivity contribution in [3.8, 4) is 0 Å². The number of nitrogens with one attached hydrogen (secondary N) is 4. The fourth-order valence-corrected chi connectivity index (χ4v) is 16.2. The van der Waals surface area contributed by atoms with Gasteiger partial charge in [-0.3, -0.25) is 38.7 Å². The highest BCUT2D eigenvalue weighted by Gasteiger charge is 2.43. The van der Waals surface area contributed by atoms with Crippen molar-refractivity contribution in [3.63, 3.8) is 0 Å². The van der Waals surface area contributed by atoms with Crippen molar-refractivity contribution in [2.45, 2.75) is 179 Å². The van der Waals surface area contributed by atoms with E-state index in [2.05, 4.69) is 68.6 Å². The highest BCUT2D eigenvalue weighted by Crippen LogP contribution is 2.28. The van der Waals surface area contributed by atoms with Gasteiger partial charge in [-0.15, -0.1) is 0 Å². The van der Waals surface area contributed by atoms with Gasteiger partial charge in [0, 0.05) is 106 Å². The van der Waals surface area contributed by atoms with Gasteiger partial charge >= 0.3 is 42.2 Å². The summed E-state index contributed by atoms with van der Waals surface area (Å²) >= 11 is 0. The number of rotatable bonds is 30. The summed E-state index contributed by atoms with van der Waals surface area (Å²) in [6.07, 6.45) is -0.367. The van der Waals surface area contributed by atoms with Crippen LogP contribution in [0.2, 0.25) is 0 Å². The predicted octanol–water partition coefficient (Wildman–Crippen LogP) is 13.5. The molecule has 5 N–H and O–H groups in total. The van der Waals surface area contributed by atoms with Gasteiger partial charge in [-0.1, -0.05) is 171 Å². The lowest BCUT2D eigenvalue weighted by atomic mass is 9.98. The quantitative estimate of drug-likeness (QED) is 0.0206. The molecule has 3 aliphatic heterocycles. The molecule has 724 valence electrons. The van der Waals surface area contributed by atoms with E-state index in [1.807, 2.05) is 94.7 Å². The van der Waals surface area contributed by atoms with Crippen LogP contribution in [0.4, 0.5) is 27.6 Å². The summed E-state index contributed by atoms with van der Waals surface area (Å²) < 4.78 is 87.6. The number of hydrogen-bond acceptors (Lipinski definition) is 22. The molecule has 0 bridgehead atoms. The number of benzene rings is 9. The first-order valence-corrected chi connectivity index (χ1v) is 44.5. The van der Waals surface area contributed by atoms with Crippen LogP contribution in [-0.4, -0.2) is 276 Å². The van der Waals surface area contributed by atoms with Gasteiger partial charge in [-0.05, 0) is 184 Å². The first kappa shape index (κ1) is 107. The number of nitrogens with zero attached hydrogens (tertiary/aromatic N) is 5. The van der Waals surface area contributed by atoms with Crippen molar-refractivity contribution in [3.05, 3.63) is 251 Å². The molecule has 0 saturated carbocycles. The summed E-state index contributed by atoms with van der Waals surface area (Å²) in [4.78, 5) is 125. The molecule has 5 amide bonds. The van der Waals surface area contributed by atoms with Crippen LogP contribution in [-0.2, 0) is 110 Å². The smallest absolute Gasteiger partial charge is 0.408 e. The highest BCUT2D eigenvalue weighted by atomic mass is 19.1. The van der Waals surface area contributed by atoms with Gasteiger partial charge in [0.15, 0.2) is 0 Å². The van der Waals surface area contributed by atoms with Crippen LogP contribution in [0.3, 0.4) is 0 Å². The molecule has 31 heteroatoms. The first-order valence-electron chi connectivity index (χ1n) is 44.5. The number of fused-ring (bicyclic) bond motifs is 3. The van der Waals surface area contributed by atoms with Crippen molar-refractivity contribution in [1.82, 2.24) is 45.8 Å². The molecule has 3 heterocycles. The predicted molar refractivity (Wildman–Crippen MR) is 508 cm³/mol. The van der Waals surface area contributed by atoms with Crippen LogP contribution in [0, 0.1) is 17.5 Å². The molecule has 12 rings (SSSR count). The van der Waals surface area contributed by atoms with Crippen molar-refractivity contribution < 1.29 is 104 Å². The van der Waals surface area contributed by atoms with Crippen molar-refractivity contribution in [2.75, 3.05) is 121 Å². The second-order valence-corrected chi connectivity index (χ2v) is 36.1. The van der Waals surface area contributed by atoms with Gasteiger partial charge in [0.05, 0.1) is 53.2 Å². The lowest BCUT2D eigenvalue weighted by Gasteiger charge is -2.44. The summed E-state index contributed by atoms with van der Waals surface area (Å²) in [5.41, 5.74) is 2.91. The summed E-state index contributed by atoms with van der Waals surface area (Å²) in [5, 5.41) is 27.1. The number of amides is 5. The fourth-order valence-electron chi connectivity index (χ4n) is 16.2. The number of carbonyl (C=O) groups is 9. The number of hydrogen-bond donors (Lipinski definition) is 5. The Kier molecular flexibility index (Phi) is 41.1. The molecule has 3 aliphatic rings. The third-order valence-corrected chi connectivity index (χ3v) is 22.5. The zero-order valence-corrected chi connectivity index (χ0v) is 78.6. The normalized spacial score (nSPS) is 16.8. The number of carbonyl (C=O) groups excluding carboxylic acids is 8. The lowest BCUT2D eigenvalue weighted by molar-refractivity contribution is -0.152. The van der Waals surface area contributed by atoms with E-state index in [-0.39, 0.29) is 81.7 Å². The summed E-state index contributed by atoms with van der Waals surface area (Å²) in [7, 11) is 9.04. The standard InChI is InChI=1S/2C34H42FN3O6.C20H26N2O3.C14H18FNO4.CH4/c2*1-34(2,3)44-33(41)36-29(19-23-11-14-27(35)15-12-23)31(39)38-17-16-37(21-28(38)22-42-4)30(32(40)43-5)20-24-10-13-25-8-6-7-9-26(25)18-24;1-24-14-18-13-22(10-9-21-18)19(20(23)25-2)12-15-7-8-16-5-3-4-6-17(16)11-15;1-14(2,3)20-13(19)16-11(12(17)18)8-9-4-6-10(15)7-5-9;/h2*6-15,18,28-30H,16-17,19-22H2,1-5H3,(H,36,41);3-8,11,18-19,21H,9-10,12-14H2,1-2H3;4-7,11H,8H2,1-3H3,(H,16,19)(H,17,18);1H4/t2*28-,29-,30+;18-,19+;11-;/m1111./s1. The number of carboxylic acid groups (broad SMARTS) is 1. The van der Waals surface area contributed by atoms with Crippen LogP contribution in [0.15, 0.2) is 200 Å². The molecule has 28 nitrogen and oxygen atoms in total. The van der Waals surface area contributed by atoms with E-state index in [1.54, 1.807) is 118 Å². The Hall–Kier alpha value is -12.1. The Morgan fingerprint density at radius 2 is 0.649 bits per heavy atom. The molecule has 9 atom stereocenters. The maximum absolute atomic E-state index is 14.1. The van der Waals surface area contributed by atoms with Crippen molar-refractivity contribution in [2.24, 2.45) is 0 Å². The number of aliphatic carboxylic acids is 1. The molecule has 134 heavy (non-hydrogen) atoms. The van der Waals surface area contributed by atoms with E-state index in [0.717, 1.165) is 57.9 Å². The molecular weight excluding hydrogens is 1720 g/mol. The molecule has 3 fully saturated rings. The minimum absolute atomic E-state index is 0. The van der Waals surface area contributed by atoms with E-state index in [9.17, 15) is 56.3 Å². The molecule has 0 aromatic heterocycles. The molecule has 3 saturated heterocycles. The third-order valence-electron chi connectivity index (χ3n) is 22.5. The topological polar surface area (TPSA) is 321 Å². The number of methoxy groups -OCH3 is 6. The van der Waals surface area contributed by atoms with Gasteiger partial charge in [0.25, 0.3) is 0 Å². The third kappa shape index (κ3) is 33.8. The number of piperazine rings is 3. The zero-order valence-electron chi connectivity index (χ0n) is 78.6. The zero-order chi connectivity index (χ0) is 96.7. The number of ether oxygens (including phenoxy) is 9. The molecule has 0 radical (unpaired) electrons. The second kappa shape index (κ2) is 51.4.